The zero-order valence-corrected chi connectivity index (χ0v) is 11.6. The maximum Gasteiger partial charge on any atom is 0.0937 e. The van der Waals surface area contributed by atoms with Crippen LogP contribution in [-0.4, -0.2) is 9.97 Å². The lowest BCUT2D eigenvalue weighted by molar-refractivity contribution is 1.32. The molecule has 0 atom stereocenters. The first-order valence-electron chi connectivity index (χ1n) is 5.75. The molecule has 5 heteroatoms. The molecule has 0 bridgehead atoms. The predicted octanol–water partition coefficient (Wildman–Crippen LogP) is 3.72. The van der Waals surface area contributed by atoms with E-state index in [1.807, 2.05) is 30.3 Å². The van der Waals surface area contributed by atoms with Gasteiger partial charge in [0.15, 0.2) is 0 Å². The number of nitrogens with zero attached hydrogens (tertiary/aromatic N) is 2. The van der Waals surface area contributed by atoms with Crippen molar-refractivity contribution in [1.82, 2.24) is 9.97 Å². The summed E-state index contributed by atoms with van der Waals surface area (Å²) in [6.45, 7) is 0. The van der Waals surface area contributed by atoms with Crippen LogP contribution in [0.25, 0.3) is 10.9 Å². The van der Waals surface area contributed by atoms with Crippen molar-refractivity contribution in [1.29, 1.82) is 0 Å². The molecule has 0 aliphatic rings. The third kappa shape index (κ3) is 2.37. The molecular weight excluding hydrogens is 304 g/mol. The average Bonchev–Trinajstić information content (AvgIpc) is 2.41. The molecule has 2 aromatic heterocycles. The lowest BCUT2D eigenvalue weighted by atomic mass is 10.2. The van der Waals surface area contributed by atoms with Crippen LogP contribution < -0.4 is 11.1 Å². The van der Waals surface area contributed by atoms with Crippen LogP contribution in [0.1, 0.15) is 0 Å². The van der Waals surface area contributed by atoms with Gasteiger partial charge in [-0.05, 0) is 34.1 Å². The summed E-state index contributed by atoms with van der Waals surface area (Å²) in [5.41, 5.74) is 9.14. The highest BCUT2D eigenvalue weighted by molar-refractivity contribution is 9.10. The Morgan fingerprint density at radius 2 is 2.00 bits per heavy atom. The van der Waals surface area contributed by atoms with Crippen molar-refractivity contribution in [2.24, 2.45) is 0 Å². The van der Waals surface area contributed by atoms with Gasteiger partial charge in [-0.1, -0.05) is 12.1 Å². The van der Waals surface area contributed by atoms with E-state index in [0.717, 1.165) is 26.8 Å². The molecule has 1 aromatic carbocycles. The molecule has 0 saturated carbocycles. The maximum atomic E-state index is 5.88. The van der Waals surface area contributed by atoms with Crippen LogP contribution >= 0.6 is 15.9 Å². The Labute approximate surface area is 118 Å². The predicted molar refractivity (Wildman–Crippen MR) is 81.4 cm³/mol. The number of hydrogen-bond donors (Lipinski definition) is 2. The third-order valence-corrected chi connectivity index (χ3v) is 3.23. The minimum atomic E-state index is 0.608. The second kappa shape index (κ2) is 4.85. The van der Waals surface area contributed by atoms with Crippen molar-refractivity contribution in [3.05, 3.63) is 53.4 Å². The quantitative estimate of drug-likeness (QED) is 0.756. The first-order chi connectivity index (χ1) is 9.24. The molecule has 0 radical (unpaired) electrons. The van der Waals surface area contributed by atoms with Crippen LogP contribution in [0.5, 0.6) is 0 Å². The van der Waals surface area contributed by atoms with Gasteiger partial charge in [0.25, 0.3) is 0 Å². The molecule has 0 fully saturated rings. The number of nitrogen functional groups attached to an aromatic ring is 1. The molecule has 2 heterocycles. The molecule has 3 rings (SSSR count). The monoisotopic (exact) mass is 314 g/mol. The number of nitrogens with two attached hydrogens (primary N) is 1. The Balaban J connectivity index is 2.09. The second-order valence-corrected chi connectivity index (χ2v) is 5.03. The van der Waals surface area contributed by atoms with E-state index in [4.69, 9.17) is 5.73 Å². The third-order valence-electron chi connectivity index (χ3n) is 2.80. The standard InChI is InChI=1S/C14H11BrN4/c15-10-6-9-2-1-3-13(14(9)18-7-10)19-12-4-5-17-8-11(12)16/h1-8H,16H2,(H,17,19). The number of aromatic nitrogens is 2. The normalized spacial score (nSPS) is 10.6. The minimum absolute atomic E-state index is 0.608. The lowest BCUT2D eigenvalue weighted by Crippen LogP contribution is -1.97. The first-order valence-corrected chi connectivity index (χ1v) is 6.54. The summed E-state index contributed by atoms with van der Waals surface area (Å²) < 4.78 is 0.959. The van der Waals surface area contributed by atoms with E-state index in [2.05, 4.69) is 31.2 Å². The molecule has 19 heavy (non-hydrogen) atoms. The summed E-state index contributed by atoms with van der Waals surface area (Å²) in [5, 5.41) is 4.35. The molecule has 0 spiro atoms. The van der Waals surface area contributed by atoms with E-state index in [-0.39, 0.29) is 0 Å². The Bertz CT molecular complexity index is 742. The van der Waals surface area contributed by atoms with Crippen molar-refractivity contribution >= 4 is 43.9 Å². The first kappa shape index (κ1) is 11.9. The van der Waals surface area contributed by atoms with E-state index in [1.165, 1.54) is 0 Å². The highest BCUT2D eigenvalue weighted by Crippen LogP contribution is 2.28. The van der Waals surface area contributed by atoms with E-state index in [0.29, 0.717) is 5.69 Å². The molecule has 0 aliphatic carbocycles. The number of benzene rings is 1. The van der Waals surface area contributed by atoms with Gasteiger partial charge < -0.3 is 11.1 Å². The van der Waals surface area contributed by atoms with E-state index >= 15 is 0 Å². The number of rotatable bonds is 2. The number of anilines is 3. The number of hydrogen-bond acceptors (Lipinski definition) is 4. The molecular formula is C14H11BrN4. The molecule has 0 unspecified atom stereocenters. The van der Waals surface area contributed by atoms with E-state index in [9.17, 15) is 0 Å². The zero-order chi connectivity index (χ0) is 13.2. The summed E-state index contributed by atoms with van der Waals surface area (Å²) in [5.74, 6) is 0. The van der Waals surface area contributed by atoms with Gasteiger partial charge in [-0.2, -0.15) is 0 Å². The van der Waals surface area contributed by atoms with Crippen molar-refractivity contribution in [3.8, 4) is 0 Å². The summed E-state index contributed by atoms with van der Waals surface area (Å²) >= 11 is 3.42. The molecule has 0 saturated heterocycles. The SMILES string of the molecule is Nc1cnccc1Nc1cccc2cc(Br)cnc12. The van der Waals surface area contributed by atoms with E-state index in [1.54, 1.807) is 18.6 Å². The van der Waals surface area contributed by atoms with Crippen LogP contribution in [0.4, 0.5) is 17.1 Å². The number of nitrogens with one attached hydrogen (secondary N) is 1. The van der Waals surface area contributed by atoms with Gasteiger partial charge in [0.2, 0.25) is 0 Å². The topological polar surface area (TPSA) is 63.8 Å². The zero-order valence-electron chi connectivity index (χ0n) is 9.97. The van der Waals surface area contributed by atoms with Gasteiger partial charge >= 0.3 is 0 Å². The Hall–Kier alpha value is -2.14. The fourth-order valence-electron chi connectivity index (χ4n) is 1.90. The maximum absolute atomic E-state index is 5.88. The van der Waals surface area contributed by atoms with Crippen molar-refractivity contribution in [3.63, 3.8) is 0 Å². The van der Waals surface area contributed by atoms with Crippen molar-refractivity contribution in [2.75, 3.05) is 11.1 Å². The minimum Gasteiger partial charge on any atom is -0.396 e. The van der Waals surface area contributed by atoms with Gasteiger partial charge in [0, 0.05) is 22.3 Å². The Kier molecular flexibility index (Phi) is 3.05. The summed E-state index contributed by atoms with van der Waals surface area (Å²) in [4.78, 5) is 8.41. The van der Waals surface area contributed by atoms with E-state index < -0.39 is 0 Å². The number of para-hydroxylation sites is 1. The molecule has 0 aliphatic heterocycles. The fourth-order valence-corrected chi connectivity index (χ4v) is 2.25. The molecule has 3 N–H and O–H groups in total. The van der Waals surface area contributed by atoms with Gasteiger partial charge in [0.1, 0.15) is 0 Å². The second-order valence-electron chi connectivity index (χ2n) is 4.12. The van der Waals surface area contributed by atoms with Crippen LogP contribution in [0.15, 0.2) is 53.4 Å². The van der Waals surface area contributed by atoms with Gasteiger partial charge in [-0.25, -0.2) is 0 Å². The summed E-state index contributed by atoms with van der Waals surface area (Å²) in [6.07, 6.45) is 5.11. The molecule has 4 nitrogen and oxygen atoms in total. The highest BCUT2D eigenvalue weighted by atomic mass is 79.9. The van der Waals surface area contributed by atoms with Crippen molar-refractivity contribution < 1.29 is 0 Å². The summed E-state index contributed by atoms with van der Waals surface area (Å²) in [7, 11) is 0. The van der Waals surface area contributed by atoms with Crippen LogP contribution in [-0.2, 0) is 0 Å². The largest absolute Gasteiger partial charge is 0.396 e. The molecule has 3 aromatic rings. The number of fused-ring (bicyclic) bond motifs is 1. The number of pyridine rings is 2. The average molecular weight is 315 g/mol. The lowest BCUT2D eigenvalue weighted by Gasteiger charge is -2.10. The van der Waals surface area contributed by atoms with Crippen LogP contribution in [0, 0.1) is 0 Å². The Morgan fingerprint density at radius 3 is 2.84 bits per heavy atom. The fraction of sp³-hybridized carbons (Fsp3) is 0. The molecule has 0 amide bonds. The Morgan fingerprint density at radius 1 is 1.11 bits per heavy atom. The smallest absolute Gasteiger partial charge is 0.0937 e. The van der Waals surface area contributed by atoms with Crippen LogP contribution in [0.3, 0.4) is 0 Å². The summed E-state index contributed by atoms with van der Waals surface area (Å²) in [6, 6.07) is 9.85. The van der Waals surface area contributed by atoms with Crippen LogP contribution in [0.2, 0.25) is 0 Å². The van der Waals surface area contributed by atoms with Gasteiger partial charge in [-0.3, -0.25) is 9.97 Å². The van der Waals surface area contributed by atoms with Crippen molar-refractivity contribution in [2.45, 2.75) is 0 Å². The van der Waals surface area contributed by atoms with Gasteiger partial charge in [0.05, 0.1) is 28.8 Å². The number of halogens is 1. The van der Waals surface area contributed by atoms with Gasteiger partial charge in [-0.15, -0.1) is 0 Å². The highest BCUT2D eigenvalue weighted by Gasteiger charge is 2.05. The molecule has 94 valence electrons.